The fraction of sp³-hybridized carbons (Fsp3) is 0.542. The highest BCUT2D eigenvalue weighted by molar-refractivity contribution is 6.30. The van der Waals surface area contributed by atoms with Gasteiger partial charge in [0.1, 0.15) is 18.0 Å². The Morgan fingerprint density at radius 3 is 2.74 bits per heavy atom. The molecule has 2 bridgehead atoms. The van der Waals surface area contributed by atoms with Crippen LogP contribution in [0.3, 0.4) is 0 Å². The Bertz CT molecular complexity index is 1220. The van der Waals surface area contributed by atoms with E-state index < -0.39 is 12.6 Å². The van der Waals surface area contributed by atoms with Gasteiger partial charge in [0.2, 0.25) is 0 Å². The van der Waals surface area contributed by atoms with Crippen molar-refractivity contribution in [2.45, 2.75) is 76.0 Å². The van der Waals surface area contributed by atoms with Crippen molar-refractivity contribution in [1.82, 2.24) is 24.4 Å². The molecule has 5 heterocycles. The largest absolute Gasteiger partial charge is 0.490 e. The number of aromatic nitrogens is 3. The Kier molecular flexibility index (Phi) is 5.75. The van der Waals surface area contributed by atoms with Crippen LogP contribution in [-0.4, -0.2) is 67.6 Å². The number of rotatable bonds is 5. The fourth-order valence-corrected chi connectivity index (χ4v) is 6.08. The zero-order valence-electron chi connectivity index (χ0n) is 18.9. The molecule has 1 aliphatic carbocycles. The lowest BCUT2D eigenvalue weighted by Gasteiger charge is -2.39. The average molecular weight is 508 g/mol. The van der Waals surface area contributed by atoms with E-state index in [-0.39, 0.29) is 42.8 Å². The van der Waals surface area contributed by atoms with Crippen molar-refractivity contribution in [2.24, 2.45) is 0 Å². The van der Waals surface area contributed by atoms with Gasteiger partial charge in [0.25, 0.3) is 12.3 Å². The zero-order chi connectivity index (χ0) is 24.3. The molecule has 2 aromatic rings. The molecule has 2 aromatic heterocycles. The maximum absolute atomic E-state index is 14.3. The van der Waals surface area contributed by atoms with Crippen LogP contribution >= 0.6 is 11.6 Å². The van der Waals surface area contributed by atoms with Crippen molar-refractivity contribution in [3.63, 3.8) is 0 Å². The molecule has 0 aromatic carbocycles. The van der Waals surface area contributed by atoms with E-state index in [1.165, 1.54) is 6.08 Å². The molecule has 35 heavy (non-hydrogen) atoms. The van der Waals surface area contributed by atoms with E-state index in [9.17, 15) is 18.0 Å². The van der Waals surface area contributed by atoms with E-state index in [1.807, 2.05) is 4.90 Å². The molecular weight excluding hydrogens is 483 g/mol. The Hall–Kier alpha value is -2.59. The van der Waals surface area contributed by atoms with Crippen LogP contribution in [0.5, 0.6) is 0 Å². The van der Waals surface area contributed by atoms with Gasteiger partial charge in [-0.1, -0.05) is 17.7 Å². The molecule has 186 valence electrons. The molecule has 0 radical (unpaired) electrons. The van der Waals surface area contributed by atoms with Crippen LogP contribution in [0.1, 0.15) is 43.4 Å². The summed E-state index contributed by atoms with van der Waals surface area (Å²) in [6.45, 7) is 0.433. The molecule has 1 amide bonds. The summed E-state index contributed by atoms with van der Waals surface area (Å²) in [7, 11) is 0. The predicted octanol–water partition coefficient (Wildman–Crippen LogP) is 4.05. The lowest BCUT2D eigenvalue weighted by molar-refractivity contribution is -0.128. The molecule has 3 aliphatic heterocycles. The van der Waals surface area contributed by atoms with E-state index in [0.717, 1.165) is 24.1 Å². The smallest absolute Gasteiger partial charge is 0.257 e. The summed E-state index contributed by atoms with van der Waals surface area (Å²) >= 11 is 6.00. The van der Waals surface area contributed by atoms with E-state index in [4.69, 9.17) is 16.3 Å². The highest BCUT2D eigenvalue weighted by Crippen LogP contribution is 2.39. The molecule has 4 aliphatic rings. The topological polar surface area (TPSA) is 63.0 Å². The second kappa shape index (κ2) is 8.81. The number of hydrogen-bond acceptors (Lipinski definition) is 5. The van der Waals surface area contributed by atoms with Crippen molar-refractivity contribution >= 4 is 23.2 Å². The number of alkyl halides is 3. The van der Waals surface area contributed by atoms with Gasteiger partial charge in [-0.25, -0.2) is 22.7 Å². The highest BCUT2D eigenvalue weighted by atomic mass is 35.5. The van der Waals surface area contributed by atoms with Crippen LogP contribution in [0.2, 0.25) is 5.02 Å². The summed E-state index contributed by atoms with van der Waals surface area (Å²) in [4.78, 5) is 21.4. The molecule has 0 N–H and O–H groups in total. The van der Waals surface area contributed by atoms with Crippen LogP contribution in [0.4, 0.5) is 13.2 Å². The summed E-state index contributed by atoms with van der Waals surface area (Å²) in [5, 5.41) is 4.97. The lowest BCUT2D eigenvalue weighted by atomic mass is 9.98. The van der Waals surface area contributed by atoms with Crippen molar-refractivity contribution in [3.8, 4) is 0 Å². The number of hydrogen-bond donors (Lipinski definition) is 0. The van der Waals surface area contributed by atoms with E-state index >= 15 is 0 Å². The van der Waals surface area contributed by atoms with Crippen molar-refractivity contribution in [2.75, 3.05) is 6.54 Å². The number of carbonyl (C=O) groups is 1. The fourth-order valence-electron chi connectivity index (χ4n) is 5.94. The lowest BCUT2D eigenvalue weighted by Crippen LogP contribution is -2.47. The molecule has 6 rings (SSSR count). The Morgan fingerprint density at radius 2 is 2.00 bits per heavy atom. The first-order chi connectivity index (χ1) is 16.9. The number of piperidine rings is 1. The van der Waals surface area contributed by atoms with E-state index in [2.05, 4.69) is 10.1 Å². The highest BCUT2D eigenvalue weighted by Gasteiger charge is 2.43. The second-order valence-electron chi connectivity index (χ2n) is 9.71. The Labute approximate surface area is 205 Å². The van der Waals surface area contributed by atoms with Gasteiger partial charge in [-0.15, -0.1) is 0 Å². The quantitative estimate of drug-likeness (QED) is 0.611. The van der Waals surface area contributed by atoms with Gasteiger partial charge in [-0.05, 0) is 31.8 Å². The molecule has 2 saturated heterocycles. The van der Waals surface area contributed by atoms with Gasteiger partial charge in [0, 0.05) is 30.3 Å². The number of carbonyl (C=O) groups excluding carboxylic acids is 1. The SMILES string of the molecule is O=C(C1=CCC(F)C=C1O[C@H]1C[C@H]2CC[C@@H](C1)N2CC(F)F)N1Cc2nn3cc(Cl)cnc3c2C1. The third-order valence-corrected chi connectivity index (χ3v) is 7.65. The van der Waals surface area contributed by atoms with Crippen molar-refractivity contribution in [1.29, 1.82) is 0 Å². The van der Waals surface area contributed by atoms with E-state index in [0.29, 0.717) is 42.2 Å². The monoisotopic (exact) mass is 507 g/mol. The maximum atomic E-state index is 14.3. The molecule has 4 atom stereocenters. The third-order valence-electron chi connectivity index (χ3n) is 7.46. The average Bonchev–Trinajstić information content (AvgIpc) is 3.42. The maximum Gasteiger partial charge on any atom is 0.257 e. The van der Waals surface area contributed by atoms with Crippen molar-refractivity contribution in [3.05, 3.63) is 52.2 Å². The number of halogens is 4. The number of nitrogens with zero attached hydrogens (tertiary/aromatic N) is 5. The number of ether oxygens (including phenoxy) is 1. The first-order valence-corrected chi connectivity index (χ1v) is 12.3. The van der Waals surface area contributed by atoms with Crippen LogP contribution in [-0.2, 0) is 22.6 Å². The number of amides is 1. The number of allylic oxidation sites excluding steroid dienone is 2. The summed E-state index contributed by atoms with van der Waals surface area (Å²) in [5.41, 5.74) is 2.62. The molecular formula is C24H25ClF3N5O2. The predicted molar refractivity (Wildman–Crippen MR) is 122 cm³/mol. The van der Waals surface area contributed by atoms with Crippen molar-refractivity contribution < 1.29 is 22.7 Å². The van der Waals surface area contributed by atoms with Crippen LogP contribution in [0, 0.1) is 0 Å². The van der Waals surface area contributed by atoms with Gasteiger partial charge in [-0.2, -0.15) is 5.10 Å². The Balaban J connectivity index is 1.16. The molecule has 0 spiro atoms. The minimum Gasteiger partial charge on any atom is -0.490 e. The van der Waals surface area contributed by atoms with Gasteiger partial charge < -0.3 is 9.64 Å². The van der Waals surface area contributed by atoms with Gasteiger partial charge in [-0.3, -0.25) is 9.69 Å². The molecule has 1 unspecified atom stereocenters. The van der Waals surface area contributed by atoms with Gasteiger partial charge >= 0.3 is 0 Å². The van der Waals surface area contributed by atoms with Crippen LogP contribution < -0.4 is 0 Å². The van der Waals surface area contributed by atoms with E-state index in [1.54, 1.807) is 27.9 Å². The first-order valence-electron chi connectivity index (χ1n) is 11.9. The first kappa shape index (κ1) is 22.8. The minimum absolute atomic E-state index is 0.0344. The summed E-state index contributed by atoms with van der Waals surface area (Å²) in [6.07, 6.45) is 5.38. The van der Waals surface area contributed by atoms with Gasteiger partial charge in [0.15, 0.2) is 5.65 Å². The van der Waals surface area contributed by atoms with Crippen LogP contribution in [0.25, 0.3) is 5.65 Å². The Morgan fingerprint density at radius 1 is 1.23 bits per heavy atom. The summed E-state index contributed by atoms with van der Waals surface area (Å²) in [5.74, 6) is 0.00973. The summed E-state index contributed by atoms with van der Waals surface area (Å²) < 4.78 is 48.1. The standard InChI is InChI=1S/C24H25ClF3N5O2/c25-13-8-29-23-19-10-31(11-20(19)30-33(23)9-13)24(34)18-4-1-14(26)5-21(18)35-17-6-15-2-3-16(7-17)32(15)12-22(27)28/h4-5,8-9,14-17,22H,1-3,6-7,10-12H2/t14?,15-,16+,17+. The van der Waals surface area contributed by atoms with Crippen LogP contribution in [0.15, 0.2) is 35.9 Å². The molecule has 2 fully saturated rings. The second-order valence-corrected chi connectivity index (χ2v) is 10.1. The number of fused-ring (bicyclic) bond motifs is 5. The zero-order valence-corrected chi connectivity index (χ0v) is 19.7. The molecule has 0 saturated carbocycles. The van der Waals surface area contributed by atoms with Gasteiger partial charge in [0.05, 0.1) is 42.1 Å². The molecule has 7 nitrogen and oxygen atoms in total. The summed E-state index contributed by atoms with van der Waals surface area (Å²) in [6, 6.07) is 0.0689. The normalized spacial score (nSPS) is 28.4. The minimum atomic E-state index is -2.36. The molecule has 11 heteroatoms. The third kappa shape index (κ3) is 4.20.